The van der Waals surface area contributed by atoms with Crippen molar-refractivity contribution in [3.05, 3.63) is 85.0 Å². The van der Waals surface area contributed by atoms with Crippen LogP contribution in [0.3, 0.4) is 0 Å². The van der Waals surface area contributed by atoms with Gasteiger partial charge in [0.25, 0.3) is 5.91 Å². The third-order valence-electron chi connectivity index (χ3n) is 5.48. The van der Waals surface area contributed by atoms with Crippen molar-refractivity contribution < 1.29 is 31.5 Å². The normalized spacial score (nSPS) is 11.4. The monoisotopic (exact) mass is 554 g/mol. The highest BCUT2D eigenvalue weighted by Gasteiger charge is 2.33. The molecular formula is C25H15F5N8O2. The smallest absolute Gasteiger partial charge is 0.421 e. The van der Waals surface area contributed by atoms with Gasteiger partial charge in [-0.05, 0) is 35.9 Å². The fourth-order valence-corrected chi connectivity index (χ4v) is 3.69. The molecule has 0 saturated heterocycles. The number of alkyl halides is 3. The Morgan fingerprint density at radius 1 is 1.05 bits per heavy atom. The van der Waals surface area contributed by atoms with Crippen molar-refractivity contribution in [3.8, 4) is 34.1 Å². The van der Waals surface area contributed by atoms with Gasteiger partial charge in [-0.3, -0.25) is 4.79 Å². The van der Waals surface area contributed by atoms with Gasteiger partial charge in [-0.25, -0.2) is 18.7 Å². The lowest BCUT2D eigenvalue weighted by atomic mass is 9.99. The highest BCUT2D eigenvalue weighted by Crippen LogP contribution is 2.39. The Balaban J connectivity index is 1.54. The molecule has 3 heterocycles. The molecule has 15 heteroatoms. The molecule has 1 amide bonds. The second-order valence-corrected chi connectivity index (χ2v) is 8.11. The van der Waals surface area contributed by atoms with E-state index in [2.05, 4.69) is 37.0 Å². The molecule has 0 aliphatic heterocycles. The Morgan fingerprint density at radius 2 is 1.77 bits per heavy atom. The van der Waals surface area contributed by atoms with Crippen LogP contribution < -0.4 is 15.8 Å². The molecule has 5 rings (SSSR count). The number of amides is 1. The number of rotatable bonds is 6. The van der Waals surface area contributed by atoms with Crippen molar-refractivity contribution in [2.75, 3.05) is 11.1 Å². The number of benzene rings is 2. The molecular weight excluding hydrogens is 539 g/mol. The molecule has 0 aliphatic rings. The number of halogens is 5. The lowest BCUT2D eigenvalue weighted by Gasteiger charge is -2.10. The number of carbonyl (C=O) groups is 1. The van der Waals surface area contributed by atoms with E-state index in [9.17, 15) is 22.4 Å². The van der Waals surface area contributed by atoms with Gasteiger partial charge in [0.2, 0.25) is 0 Å². The zero-order chi connectivity index (χ0) is 28.6. The van der Waals surface area contributed by atoms with Gasteiger partial charge in [0.15, 0.2) is 28.9 Å². The third-order valence-corrected chi connectivity index (χ3v) is 5.48. The molecule has 0 unspecified atom stereocenters. The summed E-state index contributed by atoms with van der Waals surface area (Å²) >= 11 is 0. The average Bonchev–Trinajstić information content (AvgIpc) is 3.31. The Morgan fingerprint density at radius 3 is 2.45 bits per heavy atom. The largest absolute Gasteiger partial charge is 0.433 e. The summed E-state index contributed by atoms with van der Waals surface area (Å²) in [4.78, 5) is 22.4. The lowest BCUT2D eigenvalue weighted by molar-refractivity contribution is -0.141. The summed E-state index contributed by atoms with van der Waals surface area (Å²) < 4.78 is 73.4. The van der Waals surface area contributed by atoms with Crippen molar-refractivity contribution in [2.45, 2.75) is 6.18 Å². The molecule has 0 spiro atoms. The van der Waals surface area contributed by atoms with Gasteiger partial charge < -0.3 is 15.8 Å². The molecule has 0 fully saturated rings. The van der Waals surface area contributed by atoms with Gasteiger partial charge in [0, 0.05) is 23.0 Å². The zero-order valence-electron chi connectivity index (χ0n) is 19.9. The molecule has 0 aliphatic carbocycles. The van der Waals surface area contributed by atoms with Gasteiger partial charge in [-0.15, -0.1) is 14.8 Å². The number of hydrogen-bond donors (Lipinski definition) is 2. The summed E-state index contributed by atoms with van der Waals surface area (Å²) in [6, 6.07) is 9.77. The summed E-state index contributed by atoms with van der Waals surface area (Å²) in [5.41, 5.74) is 6.74. The summed E-state index contributed by atoms with van der Waals surface area (Å²) in [5, 5.41) is 10.8. The fraction of sp³-hybridized carbons (Fsp3) is 0.0400. The van der Waals surface area contributed by atoms with Gasteiger partial charge >= 0.3 is 12.2 Å². The van der Waals surface area contributed by atoms with E-state index in [1.165, 1.54) is 35.2 Å². The summed E-state index contributed by atoms with van der Waals surface area (Å²) in [6.45, 7) is 2.94. The maximum atomic E-state index is 15.2. The summed E-state index contributed by atoms with van der Waals surface area (Å²) in [5.74, 6) is -3.50. The SMILES string of the molecule is C=C(F)C(=O)Nc1ccc(-c2nn3ncnc(N)c3c2-c2ccc(Oc3nccc(C(F)(F)F)n3)c(F)c2)cc1. The second-order valence-electron chi connectivity index (χ2n) is 8.11. The predicted octanol–water partition coefficient (Wildman–Crippen LogP) is 5.20. The number of aromatic nitrogens is 6. The van der Waals surface area contributed by atoms with Crippen LogP contribution in [-0.4, -0.2) is 35.7 Å². The molecule has 202 valence electrons. The number of nitrogen functional groups attached to an aromatic ring is 1. The van der Waals surface area contributed by atoms with E-state index in [4.69, 9.17) is 10.5 Å². The van der Waals surface area contributed by atoms with E-state index < -0.39 is 41.2 Å². The van der Waals surface area contributed by atoms with E-state index in [0.717, 1.165) is 12.3 Å². The van der Waals surface area contributed by atoms with Crippen molar-refractivity contribution >= 4 is 22.9 Å². The molecule has 0 bridgehead atoms. The summed E-state index contributed by atoms with van der Waals surface area (Å²) in [6.07, 6.45) is -2.72. The highest BCUT2D eigenvalue weighted by molar-refractivity contribution is 6.02. The van der Waals surface area contributed by atoms with E-state index >= 15 is 4.39 Å². The molecule has 0 radical (unpaired) electrons. The summed E-state index contributed by atoms with van der Waals surface area (Å²) in [7, 11) is 0. The molecule has 10 nitrogen and oxygen atoms in total. The maximum absolute atomic E-state index is 15.2. The van der Waals surface area contributed by atoms with Gasteiger partial charge in [0.1, 0.15) is 17.5 Å². The number of anilines is 2. The van der Waals surface area contributed by atoms with E-state index in [1.807, 2.05) is 0 Å². The number of nitrogens with two attached hydrogens (primary N) is 1. The Bertz CT molecular complexity index is 1770. The molecule has 40 heavy (non-hydrogen) atoms. The average molecular weight is 554 g/mol. The quantitative estimate of drug-likeness (QED) is 0.216. The minimum Gasteiger partial charge on any atom is -0.421 e. The molecule has 2 aromatic carbocycles. The van der Waals surface area contributed by atoms with Crippen LogP contribution in [0.2, 0.25) is 0 Å². The first-order valence-electron chi connectivity index (χ1n) is 11.1. The van der Waals surface area contributed by atoms with Gasteiger partial charge in [-0.2, -0.15) is 18.2 Å². The Kier molecular flexibility index (Phi) is 6.55. The van der Waals surface area contributed by atoms with Crippen LogP contribution in [0.4, 0.5) is 33.5 Å². The van der Waals surface area contributed by atoms with Crippen LogP contribution in [-0.2, 0) is 11.0 Å². The number of ether oxygens (including phenoxy) is 1. The third kappa shape index (κ3) is 5.11. The van der Waals surface area contributed by atoms with E-state index in [1.54, 1.807) is 12.1 Å². The zero-order valence-corrected chi connectivity index (χ0v) is 19.9. The van der Waals surface area contributed by atoms with E-state index in [0.29, 0.717) is 22.9 Å². The van der Waals surface area contributed by atoms with Crippen LogP contribution >= 0.6 is 0 Å². The minimum atomic E-state index is -4.74. The molecule has 5 aromatic rings. The second kappa shape index (κ2) is 10.0. The van der Waals surface area contributed by atoms with Crippen LogP contribution in [0.15, 0.2) is 73.5 Å². The first-order valence-corrected chi connectivity index (χ1v) is 11.1. The molecule has 3 N–H and O–H groups in total. The van der Waals surface area contributed by atoms with Crippen molar-refractivity contribution in [2.24, 2.45) is 0 Å². The first-order chi connectivity index (χ1) is 19.0. The van der Waals surface area contributed by atoms with Crippen LogP contribution in [0, 0.1) is 5.82 Å². The predicted molar refractivity (Wildman–Crippen MR) is 132 cm³/mol. The van der Waals surface area contributed by atoms with Gasteiger partial charge in [-0.1, -0.05) is 24.8 Å². The van der Waals surface area contributed by atoms with Crippen LogP contribution in [0.25, 0.3) is 27.9 Å². The van der Waals surface area contributed by atoms with Crippen LogP contribution in [0.5, 0.6) is 11.8 Å². The number of hydrogen-bond acceptors (Lipinski definition) is 8. The van der Waals surface area contributed by atoms with Crippen molar-refractivity contribution in [3.63, 3.8) is 0 Å². The van der Waals surface area contributed by atoms with Gasteiger partial charge in [0.05, 0.1) is 0 Å². The maximum Gasteiger partial charge on any atom is 0.433 e. The lowest BCUT2D eigenvalue weighted by Crippen LogP contribution is -2.10. The van der Waals surface area contributed by atoms with E-state index in [-0.39, 0.29) is 22.6 Å². The number of nitrogens with one attached hydrogen (secondary N) is 1. The number of carbonyl (C=O) groups excluding carboxylic acids is 1. The minimum absolute atomic E-state index is 0.0344. The fourth-order valence-electron chi connectivity index (χ4n) is 3.69. The topological polar surface area (TPSA) is 133 Å². The van der Waals surface area contributed by atoms with Crippen molar-refractivity contribution in [1.82, 2.24) is 29.8 Å². The molecule has 0 saturated carbocycles. The number of fused-ring (bicyclic) bond motifs is 1. The first kappa shape index (κ1) is 26.1. The van der Waals surface area contributed by atoms with Crippen molar-refractivity contribution in [1.29, 1.82) is 0 Å². The number of nitrogens with zero attached hydrogens (tertiary/aromatic N) is 6. The Labute approximate surface area is 221 Å². The highest BCUT2D eigenvalue weighted by atomic mass is 19.4. The standard InChI is InChI=1S/C25H15F5N8O2/c1-12(26)23(39)35-15-5-2-13(3-6-15)20-19(21-22(31)33-11-34-38(21)37-20)14-4-7-17(16(27)10-14)40-24-32-9-8-18(36-24)25(28,29)30/h2-11H,1H2,(H,35,39)(H2,31,33,34). The van der Waals surface area contributed by atoms with Crippen LogP contribution in [0.1, 0.15) is 5.69 Å². The molecule has 0 atom stereocenters. The molecule has 3 aromatic heterocycles. The Hall–Kier alpha value is -5.47.